The number of pyridine rings is 1. The number of allylic oxidation sites excluding steroid dienone is 1. The number of rotatable bonds is 5. The molecule has 10 heteroatoms. The van der Waals surface area contributed by atoms with Crippen LogP contribution in [-0.2, 0) is 6.67 Å². The molecular weight excluding hydrogens is 467 g/mol. The summed E-state index contributed by atoms with van der Waals surface area (Å²) >= 11 is 0. The SMILES string of the molecule is C/C=C\c1c[nH]c(CF)c1.C=N.CC1(C)CNCCC1N=C(NN)c1ccncc1C1CC1.CF.F. The van der Waals surface area contributed by atoms with Gasteiger partial charge in [-0.15, -0.1) is 0 Å². The third-order valence-electron chi connectivity index (χ3n) is 5.89. The number of hydrogen-bond donors (Lipinski definition) is 5. The molecule has 1 unspecified atom stereocenters. The minimum Gasteiger partial charge on any atom is -0.362 e. The number of H-pyrrole nitrogens is 1. The lowest BCUT2D eigenvalue weighted by Crippen LogP contribution is -2.46. The Kier molecular flexibility index (Phi) is 16.0. The number of aliphatic imine (C=N–C) groups is 1. The minimum atomic E-state index is -0.419. The highest BCUT2D eigenvalue weighted by atomic mass is 19.1. The predicted octanol–water partition coefficient (Wildman–Crippen LogP) is 5.08. The zero-order valence-electron chi connectivity index (χ0n) is 21.8. The van der Waals surface area contributed by atoms with E-state index in [0.717, 1.165) is 36.5 Å². The second kappa shape index (κ2) is 17.4. The topological polar surface area (TPSA) is 115 Å². The summed E-state index contributed by atoms with van der Waals surface area (Å²) in [5.74, 6) is 7.22. The molecule has 0 spiro atoms. The van der Waals surface area contributed by atoms with E-state index in [2.05, 4.69) is 41.3 Å². The number of aromatic amines is 1. The largest absolute Gasteiger partial charge is 0.362 e. The standard InChI is InChI=1S/C16H25N5.C8H10FN.CH3F.CH3N.FH/c1-16(2)10-19-8-6-14(16)20-15(21-17)12-5-7-18-9-13(12)11-3-4-11;1-2-3-7-4-8(5-9)10-6-7;2*1-2;/h5,7,9,11,14,19H,3-4,6,8,10,17H2,1-2H3,(H,20,21);2-4,6,10H,5H2,1H3;1H3;2H,1H2;1H/b;3-2-;;;. The zero-order chi connectivity index (χ0) is 26.3. The average Bonchev–Trinajstić information content (AvgIpc) is 3.64. The Morgan fingerprint density at radius 2 is 2.03 bits per heavy atom. The predicted molar refractivity (Wildman–Crippen MR) is 145 cm³/mol. The summed E-state index contributed by atoms with van der Waals surface area (Å²) in [4.78, 5) is 12.0. The van der Waals surface area contributed by atoms with E-state index in [1.165, 1.54) is 18.4 Å². The van der Waals surface area contributed by atoms with Crippen LogP contribution in [0.3, 0.4) is 0 Å². The van der Waals surface area contributed by atoms with Crippen molar-refractivity contribution in [2.45, 2.75) is 58.7 Å². The average molecular weight is 510 g/mol. The first-order chi connectivity index (χ1) is 17.0. The maximum absolute atomic E-state index is 11.9. The highest BCUT2D eigenvalue weighted by Crippen LogP contribution is 2.41. The fourth-order valence-corrected chi connectivity index (χ4v) is 3.91. The number of hydrogen-bond acceptors (Lipinski definition) is 5. The Balaban J connectivity index is 0.000000692. The smallest absolute Gasteiger partial charge is 0.143 e. The molecule has 2 aromatic rings. The lowest BCUT2D eigenvalue weighted by molar-refractivity contribution is 0.223. The fraction of sp³-hybridized carbons (Fsp3) is 0.500. The van der Waals surface area contributed by atoms with Crippen LogP contribution in [0.5, 0.6) is 0 Å². The van der Waals surface area contributed by atoms with Crippen LogP contribution in [0, 0.1) is 10.8 Å². The number of nitrogens with zero attached hydrogens (tertiary/aromatic N) is 2. The van der Waals surface area contributed by atoms with E-state index in [1.807, 2.05) is 37.5 Å². The first-order valence-electron chi connectivity index (χ1n) is 11.8. The number of amidine groups is 1. The Labute approximate surface area is 212 Å². The highest BCUT2D eigenvalue weighted by molar-refractivity contribution is 6.00. The van der Waals surface area contributed by atoms with Crippen LogP contribution in [0.1, 0.15) is 68.3 Å². The van der Waals surface area contributed by atoms with Crippen molar-refractivity contribution in [2.75, 3.05) is 20.3 Å². The van der Waals surface area contributed by atoms with Crippen LogP contribution in [0.25, 0.3) is 6.08 Å². The molecule has 0 bridgehead atoms. The zero-order valence-corrected chi connectivity index (χ0v) is 21.8. The van der Waals surface area contributed by atoms with Crippen molar-refractivity contribution in [3.8, 4) is 0 Å². The number of hydrazine groups is 1. The van der Waals surface area contributed by atoms with Crippen molar-refractivity contribution in [3.05, 3.63) is 59.2 Å². The summed E-state index contributed by atoms with van der Waals surface area (Å²) in [6.07, 6.45) is 13.0. The second-order valence-electron chi connectivity index (χ2n) is 8.92. The van der Waals surface area contributed by atoms with Gasteiger partial charge in [0.1, 0.15) is 12.5 Å². The molecular formula is C26H42F3N7. The molecule has 3 heterocycles. The van der Waals surface area contributed by atoms with Crippen LogP contribution in [0.2, 0.25) is 0 Å². The van der Waals surface area contributed by atoms with Crippen molar-refractivity contribution in [2.24, 2.45) is 16.3 Å². The maximum Gasteiger partial charge on any atom is 0.143 e. The molecule has 1 atom stereocenters. The van der Waals surface area contributed by atoms with E-state index in [9.17, 15) is 8.78 Å². The molecule has 6 N–H and O–H groups in total. The van der Waals surface area contributed by atoms with E-state index in [-0.39, 0.29) is 16.2 Å². The van der Waals surface area contributed by atoms with E-state index >= 15 is 0 Å². The molecule has 1 saturated carbocycles. The van der Waals surface area contributed by atoms with Crippen LogP contribution in [0.15, 0.2) is 41.8 Å². The third kappa shape index (κ3) is 9.94. The van der Waals surface area contributed by atoms with Gasteiger partial charge < -0.3 is 21.1 Å². The number of nitrogens with one attached hydrogen (secondary N) is 4. The molecule has 1 saturated heterocycles. The summed E-state index contributed by atoms with van der Waals surface area (Å²) < 4.78 is 21.4. The lowest BCUT2D eigenvalue weighted by atomic mass is 9.80. The van der Waals surface area contributed by atoms with Gasteiger partial charge in [0.15, 0.2) is 0 Å². The molecule has 4 rings (SSSR count). The summed E-state index contributed by atoms with van der Waals surface area (Å²) in [5, 5.41) is 8.94. The summed E-state index contributed by atoms with van der Waals surface area (Å²) in [7, 11) is 0.500. The Morgan fingerprint density at radius 1 is 1.33 bits per heavy atom. The van der Waals surface area contributed by atoms with Gasteiger partial charge in [-0.05, 0) is 74.0 Å². The van der Waals surface area contributed by atoms with Gasteiger partial charge >= 0.3 is 0 Å². The minimum absolute atomic E-state index is 0. The van der Waals surface area contributed by atoms with Crippen molar-refractivity contribution < 1.29 is 13.5 Å². The van der Waals surface area contributed by atoms with Crippen molar-refractivity contribution in [3.63, 3.8) is 0 Å². The van der Waals surface area contributed by atoms with Gasteiger partial charge in [-0.3, -0.25) is 19.1 Å². The van der Waals surface area contributed by atoms with Gasteiger partial charge in [0.05, 0.1) is 13.2 Å². The van der Waals surface area contributed by atoms with Crippen LogP contribution >= 0.6 is 0 Å². The molecule has 0 aromatic carbocycles. The second-order valence-corrected chi connectivity index (χ2v) is 8.92. The van der Waals surface area contributed by atoms with E-state index < -0.39 is 6.67 Å². The van der Waals surface area contributed by atoms with Crippen molar-refractivity contribution >= 4 is 18.6 Å². The van der Waals surface area contributed by atoms with Gasteiger partial charge in [0, 0.05) is 36.4 Å². The molecule has 2 fully saturated rings. The van der Waals surface area contributed by atoms with Crippen LogP contribution in [-0.4, -0.2) is 48.8 Å². The molecule has 202 valence electrons. The number of piperidine rings is 1. The summed E-state index contributed by atoms with van der Waals surface area (Å²) in [6.45, 7) is 10.5. The number of aromatic nitrogens is 2. The van der Waals surface area contributed by atoms with E-state index in [0.29, 0.717) is 18.8 Å². The molecule has 7 nitrogen and oxygen atoms in total. The van der Waals surface area contributed by atoms with Gasteiger partial charge in [-0.2, -0.15) is 0 Å². The highest BCUT2D eigenvalue weighted by Gasteiger charge is 2.33. The van der Waals surface area contributed by atoms with Gasteiger partial charge in [-0.25, -0.2) is 10.2 Å². The monoisotopic (exact) mass is 509 g/mol. The molecule has 2 aliphatic rings. The normalized spacial score (nSPS) is 18.3. The number of alkyl halides is 2. The Bertz CT molecular complexity index is 924. The molecule has 1 aliphatic heterocycles. The fourth-order valence-electron chi connectivity index (χ4n) is 3.91. The van der Waals surface area contributed by atoms with E-state index in [1.54, 1.807) is 12.3 Å². The Hall–Kier alpha value is -2.98. The van der Waals surface area contributed by atoms with Crippen molar-refractivity contribution in [1.82, 2.24) is 20.7 Å². The van der Waals surface area contributed by atoms with Gasteiger partial charge in [0.25, 0.3) is 0 Å². The van der Waals surface area contributed by atoms with E-state index in [4.69, 9.17) is 16.2 Å². The first kappa shape index (κ1) is 33.0. The van der Waals surface area contributed by atoms with Gasteiger partial charge in [0.2, 0.25) is 0 Å². The molecule has 1 aliphatic carbocycles. The summed E-state index contributed by atoms with van der Waals surface area (Å²) in [6, 6.07) is 4.10. The maximum atomic E-state index is 11.9. The molecule has 0 radical (unpaired) electrons. The van der Waals surface area contributed by atoms with Crippen LogP contribution < -0.4 is 16.6 Å². The first-order valence-corrected chi connectivity index (χ1v) is 11.8. The third-order valence-corrected chi connectivity index (χ3v) is 5.89. The molecule has 2 aromatic heterocycles. The Morgan fingerprint density at radius 3 is 2.56 bits per heavy atom. The molecule has 36 heavy (non-hydrogen) atoms. The van der Waals surface area contributed by atoms with Crippen LogP contribution in [0.4, 0.5) is 13.5 Å². The lowest BCUT2D eigenvalue weighted by Gasteiger charge is -2.37. The quantitative estimate of drug-likeness (QED) is 0.167. The molecule has 0 amide bonds. The van der Waals surface area contributed by atoms with Gasteiger partial charge in [-0.1, -0.05) is 26.0 Å². The number of nitrogens with two attached hydrogens (primary N) is 1. The summed E-state index contributed by atoms with van der Waals surface area (Å²) in [5.41, 5.74) is 7.02. The number of halogens is 3. The van der Waals surface area contributed by atoms with Crippen molar-refractivity contribution in [1.29, 1.82) is 5.41 Å².